The minimum atomic E-state index is 0.175. The summed E-state index contributed by atoms with van der Waals surface area (Å²) in [5.74, 6) is 0. The lowest BCUT2D eigenvalue weighted by molar-refractivity contribution is -0.0431. The highest BCUT2D eigenvalue weighted by atomic mass is 16.5. The zero-order chi connectivity index (χ0) is 13.5. The molecule has 1 aliphatic carbocycles. The van der Waals surface area contributed by atoms with Gasteiger partial charge in [0.15, 0.2) is 6.29 Å². The number of hydrogen-bond donors (Lipinski definition) is 0. The van der Waals surface area contributed by atoms with Crippen LogP contribution >= 0.6 is 0 Å². The van der Waals surface area contributed by atoms with Crippen molar-refractivity contribution >= 4 is 6.29 Å². The summed E-state index contributed by atoms with van der Waals surface area (Å²) in [7, 11) is 0. The van der Waals surface area contributed by atoms with Crippen LogP contribution in [0.3, 0.4) is 0 Å². The van der Waals surface area contributed by atoms with E-state index < -0.39 is 0 Å². The monoisotopic (exact) mass is 262 g/mol. The van der Waals surface area contributed by atoms with Gasteiger partial charge in [-0.15, -0.1) is 0 Å². The summed E-state index contributed by atoms with van der Waals surface area (Å²) < 4.78 is 8.24. The average molecular weight is 262 g/mol. The van der Waals surface area contributed by atoms with E-state index in [1.807, 2.05) is 18.5 Å². The summed E-state index contributed by atoms with van der Waals surface area (Å²) >= 11 is 0. The Morgan fingerprint density at radius 3 is 2.74 bits per heavy atom. The van der Waals surface area contributed by atoms with Crippen LogP contribution in [0.2, 0.25) is 0 Å². The van der Waals surface area contributed by atoms with Gasteiger partial charge in [-0.3, -0.25) is 9.48 Å². The van der Waals surface area contributed by atoms with Crippen LogP contribution in [0.15, 0.2) is 0 Å². The molecule has 1 saturated carbocycles. The molecule has 0 bridgehead atoms. The van der Waals surface area contributed by atoms with E-state index in [1.54, 1.807) is 0 Å². The van der Waals surface area contributed by atoms with E-state index in [1.165, 1.54) is 32.1 Å². The van der Waals surface area contributed by atoms with Crippen molar-refractivity contribution in [1.29, 1.82) is 0 Å². The highest BCUT2D eigenvalue weighted by Gasteiger charge is 2.42. The predicted octanol–water partition coefficient (Wildman–Crippen LogP) is 2.80. The Morgan fingerprint density at radius 2 is 2.11 bits per heavy atom. The van der Waals surface area contributed by atoms with E-state index in [0.29, 0.717) is 0 Å². The maximum absolute atomic E-state index is 11.0. The van der Waals surface area contributed by atoms with Crippen molar-refractivity contribution < 1.29 is 9.53 Å². The maximum atomic E-state index is 11.0. The Morgan fingerprint density at radius 1 is 1.37 bits per heavy atom. The van der Waals surface area contributed by atoms with Crippen molar-refractivity contribution in [2.75, 3.05) is 0 Å². The Hall–Kier alpha value is -1.16. The van der Waals surface area contributed by atoms with E-state index in [0.717, 1.165) is 36.2 Å². The second-order valence-corrected chi connectivity index (χ2v) is 6.05. The first-order valence-electron chi connectivity index (χ1n) is 7.30. The number of aryl methyl sites for hydroxylation is 1. The fourth-order valence-corrected chi connectivity index (χ4v) is 3.66. The van der Waals surface area contributed by atoms with Crippen LogP contribution in [0.4, 0.5) is 0 Å². The molecule has 0 aromatic carbocycles. The van der Waals surface area contributed by atoms with Gasteiger partial charge in [0, 0.05) is 5.69 Å². The SMILES string of the molecule is Cc1nn(CC2CCC3(CCCC3)O2)c(C)c1C=O. The van der Waals surface area contributed by atoms with Crippen LogP contribution in [0.1, 0.15) is 60.3 Å². The van der Waals surface area contributed by atoms with E-state index in [9.17, 15) is 4.79 Å². The van der Waals surface area contributed by atoms with Gasteiger partial charge in [0.2, 0.25) is 0 Å². The highest BCUT2D eigenvalue weighted by Crippen LogP contribution is 2.43. The van der Waals surface area contributed by atoms with E-state index in [4.69, 9.17) is 4.74 Å². The number of nitrogens with zero attached hydrogens (tertiary/aromatic N) is 2. The maximum Gasteiger partial charge on any atom is 0.153 e. The molecular weight excluding hydrogens is 240 g/mol. The first kappa shape index (κ1) is 12.9. The summed E-state index contributed by atoms with van der Waals surface area (Å²) in [6, 6.07) is 0. The molecule has 104 valence electrons. The Bertz CT molecular complexity index is 487. The molecule has 3 rings (SSSR count). The normalized spacial score (nSPS) is 25.3. The van der Waals surface area contributed by atoms with Gasteiger partial charge in [-0.25, -0.2) is 0 Å². The molecule has 0 amide bonds. The molecule has 1 atom stereocenters. The quantitative estimate of drug-likeness (QED) is 0.787. The number of carbonyl (C=O) groups excluding carboxylic acids is 1. The second kappa shape index (κ2) is 4.75. The zero-order valence-corrected chi connectivity index (χ0v) is 11.8. The lowest BCUT2D eigenvalue weighted by Crippen LogP contribution is -2.27. The molecule has 1 aromatic rings. The second-order valence-electron chi connectivity index (χ2n) is 6.05. The lowest BCUT2D eigenvalue weighted by atomic mass is 9.98. The molecular formula is C15H22N2O2. The molecule has 1 unspecified atom stereocenters. The fraction of sp³-hybridized carbons (Fsp3) is 0.733. The Balaban J connectivity index is 1.71. The van der Waals surface area contributed by atoms with E-state index in [-0.39, 0.29) is 11.7 Å². The third-order valence-electron chi connectivity index (χ3n) is 4.79. The van der Waals surface area contributed by atoms with Gasteiger partial charge in [0.1, 0.15) is 0 Å². The van der Waals surface area contributed by atoms with Gasteiger partial charge in [0.25, 0.3) is 0 Å². The molecule has 0 radical (unpaired) electrons. The summed E-state index contributed by atoms with van der Waals surface area (Å²) in [4.78, 5) is 11.0. The van der Waals surface area contributed by atoms with E-state index >= 15 is 0 Å². The minimum Gasteiger partial charge on any atom is -0.370 e. The van der Waals surface area contributed by atoms with Crippen molar-refractivity contribution in [3.05, 3.63) is 17.0 Å². The van der Waals surface area contributed by atoms with Gasteiger partial charge in [-0.05, 0) is 39.5 Å². The van der Waals surface area contributed by atoms with Crippen LogP contribution in [0.25, 0.3) is 0 Å². The number of rotatable bonds is 3. The van der Waals surface area contributed by atoms with Crippen LogP contribution in [0.5, 0.6) is 0 Å². The third kappa shape index (κ3) is 2.22. The predicted molar refractivity (Wildman–Crippen MR) is 72.4 cm³/mol. The molecule has 4 nitrogen and oxygen atoms in total. The Labute approximate surface area is 114 Å². The van der Waals surface area contributed by atoms with Crippen molar-refractivity contribution in [2.24, 2.45) is 0 Å². The van der Waals surface area contributed by atoms with Gasteiger partial charge in [0.05, 0.1) is 29.5 Å². The van der Waals surface area contributed by atoms with Crippen molar-refractivity contribution in [2.45, 2.75) is 70.6 Å². The van der Waals surface area contributed by atoms with Crippen molar-refractivity contribution in [1.82, 2.24) is 9.78 Å². The number of carbonyl (C=O) groups is 1. The molecule has 1 aliphatic heterocycles. The largest absolute Gasteiger partial charge is 0.370 e. The van der Waals surface area contributed by atoms with Gasteiger partial charge < -0.3 is 4.74 Å². The molecule has 0 N–H and O–H groups in total. The number of hydrogen-bond acceptors (Lipinski definition) is 3. The standard InChI is InChI=1S/C15H22N2O2/c1-11-14(10-18)12(2)17(16-11)9-13-5-8-15(19-13)6-3-4-7-15/h10,13H,3-9H2,1-2H3. The molecule has 4 heteroatoms. The number of aromatic nitrogens is 2. The fourth-order valence-electron chi connectivity index (χ4n) is 3.66. The molecule has 2 fully saturated rings. The third-order valence-corrected chi connectivity index (χ3v) is 4.79. The number of aldehydes is 1. The van der Waals surface area contributed by atoms with Gasteiger partial charge >= 0.3 is 0 Å². The molecule has 19 heavy (non-hydrogen) atoms. The van der Waals surface area contributed by atoms with E-state index in [2.05, 4.69) is 5.10 Å². The van der Waals surface area contributed by atoms with Crippen LogP contribution < -0.4 is 0 Å². The van der Waals surface area contributed by atoms with Crippen molar-refractivity contribution in [3.8, 4) is 0 Å². The summed E-state index contributed by atoms with van der Waals surface area (Å²) in [5, 5.41) is 4.46. The average Bonchev–Trinajstić information content (AvgIpc) is 3.06. The smallest absolute Gasteiger partial charge is 0.153 e. The number of ether oxygens (including phenoxy) is 1. The molecule has 1 saturated heterocycles. The summed E-state index contributed by atoms with van der Waals surface area (Å²) in [6.45, 7) is 4.63. The Kier molecular flexibility index (Phi) is 3.21. The van der Waals surface area contributed by atoms with Crippen LogP contribution in [-0.2, 0) is 11.3 Å². The molecule has 2 aliphatic rings. The van der Waals surface area contributed by atoms with Gasteiger partial charge in [-0.1, -0.05) is 12.8 Å². The summed E-state index contributed by atoms with van der Waals surface area (Å²) in [5.41, 5.74) is 2.69. The summed E-state index contributed by atoms with van der Waals surface area (Å²) in [6.07, 6.45) is 8.54. The zero-order valence-electron chi connectivity index (χ0n) is 11.8. The van der Waals surface area contributed by atoms with Gasteiger partial charge in [-0.2, -0.15) is 5.10 Å². The molecule has 1 aromatic heterocycles. The van der Waals surface area contributed by atoms with Crippen LogP contribution in [-0.4, -0.2) is 27.8 Å². The molecule has 1 spiro atoms. The first-order chi connectivity index (χ1) is 9.13. The topological polar surface area (TPSA) is 44.1 Å². The lowest BCUT2D eigenvalue weighted by Gasteiger charge is -2.24. The first-order valence-corrected chi connectivity index (χ1v) is 7.30. The van der Waals surface area contributed by atoms with Crippen LogP contribution in [0, 0.1) is 13.8 Å². The minimum absolute atomic E-state index is 0.175. The highest BCUT2D eigenvalue weighted by molar-refractivity contribution is 5.78. The van der Waals surface area contributed by atoms with Crippen molar-refractivity contribution in [3.63, 3.8) is 0 Å². The molecule has 2 heterocycles.